The van der Waals surface area contributed by atoms with E-state index in [1.807, 2.05) is 0 Å². The molecule has 0 aliphatic rings. The molecule has 2 aromatic rings. The number of aryl methyl sites for hydroxylation is 1. The lowest BCUT2D eigenvalue weighted by Gasteiger charge is -2.08. The van der Waals surface area contributed by atoms with Gasteiger partial charge in [0.25, 0.3) is 5.56 Å². The van der Waals surface area contributed by atoms with Crippen molar-refractivity contribution in [3.63, 3.8) is 0 Å². The first-order valence-electron chi connectivity index (χ1n) is 5.21. The Bertz CT molecular complexity index is 706. The highest BCUT2D eigenvalue weighted by molar-refractivity contribution is 6.30. The van der Waals surface area contributed by atoms with Gasteiger partial charge in [0.15, 0.2) is 0 Å². The topological polar surface area (TPSA) is 54.9 Å². The van der Waals surface area contributed by atoms with Crippen molar-refractivity contribution in [3.05, 3.63) is 67.2 Å². The van der Waals surface area contributed by atoms with E-state index in [2.05, 4.69) is 4.98 Å². The fraction of sp³-hybridized carbons (Fsp3) is 0.167. The molecule has 94 valence electrons. The zero-order chi connectivity index (χ0) is 13.3. The predicted octanol–water partition coefficient (Wildman–Crippen LogP) is 1.69. The van der Waals surface area contributed by atoms with Gasteiger partial charge in [-0.1, -0.05) is 17.7 Å². The SMILES string of the molecule is Cc1cc(F)ccc1Cn1cc(Cl)c(=O)[nH]c1=O. The van der Waals surface area contributed by atoms with Gasteiger partial charge in [0.2, 0.25) is 0 Å². The Morgan fingerprint density at radius 3 is 2.78 bits per heavy atom. The third kappa shape index (κ3) is 2.51. The van der Waals surface area contributed by atoms with Crippen LogP contribution < -0.4 is 11.2 Å². The maximum Gasteiger partial charge on any atom is 0.328 e. The maximum absolute atomic E-state index is 12.9. The Morgan fingerprint density at radius 1 is 1.39 bits per heavy atom. The van der Waals surface area contributed by atoms with Gasteiger partial charge in [-0.05, 0) is 30.2 Å². The van der Waals surface area contributed by atoms with Crippen LogP contribution in [0, 0.1) is 12.7 Å². The van der Waals surface area contributed by atoms with Crippen LogP contribution in [0.1, 0.15) is 11.1 Å². The molecule has 0 saturated carbocycles. The minimum Gasteiger partial charge on any atom is -0.295 e. The number of halogens is 2. The summed E-state index contributed by atoms with van der Waals surface area (Å²) in [4.78, 5) is 24.8. The fourth-order valence-corrected chi connectivity index (χ4v) is 1.79. The van der Waals surface area contributed by atoms with Gasteiger partial charge in [0.1, 0.15) is 10.8 Å². The van der Waals surface area contributed by atoms with Gasteiger partial charge in [-0.2, -0.15) is 0 Å². The summed E-state index contributed by atoms with van der Waals surface area (Å²) < 4.78 is 14.2. The van der Waals surface area contributed by atoms with Gasteiger partial charge in [-0.25, -0.2) is 9.18 Å². The minimum atomic E-state index is -0.617. The van der Waals surface area contributed by atoms with E-state index in [1.54, 1.807) is 13.0 Å². The molecule has 0 unspecified atom stereocenters. The van der Waals surface area contributed by atoms with Gasteiger partial charge in [-0.3, -0.25) is 14.3 Å². The van der Waals surface area contributed by atoms with E-state index in [0.717, 1.165) is 11.1 Å². The first kappa shape index (κ1) is 12.6. The van der Waals surface area contributed by atoms with Gasteiger partial charge in [0.05, 0.1) is 6.54 Å². The summed E-state index contributed by atoms with van der Waals surface area (Å²) in [6, 6.07) is 4.30. The molecular weight excluding hydrogens is 259 g/mol. The minimum absolute atomic E-state index is 0.0608. The molecule has 18 heavy (non-hydrogen) atoms. The van der Waals surface area contributed by atoms with Crippen molar-refractivity contribution in [2.45, 2.75) is 13.5 Å². The van der Waals surface area contributed by atoms with Gasteiger partial charge in [0, 0.05) is 6.20 Å². The molecule has 0 spiro atoms. The van der Waals surface area contributed by atoms with E-state index in [1.165, 1.54) is 22.9 Å². The summed E-state index contributed by atoms with van der Waals surface area (Å²) in [5.74, 6) is -0.330. The van der Waals surface area contributed by atoms with Crippen molar-refractivity contribution >= 4 is 11.6 Å². The molecule has 1 aromatic heterocycles. The van der Waals surface area contributed by atoms with Crippen LogP contribution in [0.5, 0.6) is 0 Å². The Kier molecular flexibility index (Phi) is 3.34. The maximum atomic E-state index is 12.9. The molecule has 0 radical (unpaired) electrons. The van der Waals surface area contributed by atoms with Crippen LogP contribution in [-0.4, -0.2) is 9.55 Å². The molecule has 1 N–H and O–H groups in total. The van der Waals surface area contributed by atoms with E-state index < -0.39 is 11.2 Å². The van der Waals surface area contributed by atoms with E-state index in [0.29, 0.717) is 0 Å². The van der Waals surface area contributed by atoms with Crippen molar-refractivity contribution < 1.29 is 4.39 Å². The lowest BCUT2D eigenvalue weighted by molar-refractivity contribution is 0.624. The standard InChI is InChI=1S/C12H10ClFN2O2/c1-7-4-9(14)3-2-8(7)5-16-6-10(13)11(17)15-12(16)18/h2-4,6H,5H2,1H3,(H,15,17,18). The molecule has 6 heteroatoms. The molecule has 1 aromatic carbocycles. The number of H-pyrrole nitrogens is 1. The summed E-state index contributed by atoms with van der Waals surface area (Å²) in [5.41, 5.74) is 0.340. The molecule has 0 amide bonds. The number of aromatic amines is 1. The smallest absolute Gasteiger partial charge is 0.295 e. The van der Waals surface area contributed by atoms with Crippen LogP contribution >= 0.6 is 11.6 Å². The van der Waals surface area contributed by atoms with E-state index >= 15 is 0 Å². The number of rotatable bonds is 2. The summed E-state index contributed by atoms with van der Waals surface area (Å²) in [7, 11) is 0. The first-order valence-corrected chi connectivity index (χ1v) is 5.59. The van der Waals surface area contributed by atoms with Crippen molar-refractivity contribution in [1.29, 1.82) is 0 Å². The summed E-state index contributed by atoms with van der Waals surface area (Å²) in [6.45, 7) is 1.97. The van der Waals surface area contributed by atoms with Gasteiger partial charge < -0.3 is 0 Å². The third-order valence-electron chi connectivity index (χ3n) is 2.61. The second-order valence-electron chi connectivity index (χ2n) is 3.94. The van der Waals surface area contributed by atoms with Crippen molar-refractivity contribution in [3.8, 4) is 0 Å². The van der Waals surface area contributed by atoms with Crippen molar-refractivity contribution in [1.82, 2.24) is 9.55 Å². The van der Waals surface area contributed by atoms with E-state index in [-0.39, 0.29) is 17.4 Å². The van der Waals surface area contributed by atoms with Crippen LogP contribution in [0.25, 0.3) is 0 Å². The van der Waals surface area contributed by atoms with E-state index in [9.17, 15) is 14.0 Å². The molecular formula is C12H10ClFN2O2. The first-order chi connectivity index (χ1) is 8.47. The number of aromatic nitrogens is 2. The molecule has 0 atom stereocenters. The Hall–Kier alpha value is -1.88. The van der Waals surface area contributed by atoms with Gasteiger partial charge in [-0.15, -0.1) is 0 Å². The van der Waals surface area contributed by atoms with Crippen molar-refractivity contribution in [2.24, 2.45) is 0 Å². The average Bonchev–Trinajstić information content (AvgIpc) is 2.29. The largest absolute Gasteiger partial charge is 0.328 e. The molecule has 0 bridgehead atoms. The highest BCUT2D eigenvalue weighted by Crippen LogP contribution is 2.11. The second-order valence-corrected chi connectivity index (χ2v) is 4.34. The third-order valence-corrected chi connectivity index (χ3v) is 2.88. The van der Waals surface area contributed by atoms with Crippen molar-refractivity contribution in [2.75, 3.05) is 0 Å². The summed E-state index contributed by atoms with van der Waals surface area (Å²) in [5, 5.41) is -0.0608. The number of nitrogens with zero attached hydrogens (tertiary/aromatic N) is 1. The molecule has 0 fully saturated rings. The van der Waals surface area contributed by atoms with Crippen LogP contribution in [0.2, 0.25) is 5.02 Å². The molecule has 4 nitrogen and oxygen atoms in total. The fourth-order valence-electron chi connectivity index (χ4n) is 1.62. The Labute approximate surface area is 107 Å². The number of hydrogen-bond acceptors (Lipinski definition) is 2. The van der Waals surface area contributed by atoms with Crippen LogP contribution in [0.4, 0.5) is 4.39 Å². The lowest BCUT2D eigenvalue weighted by Crippen LogP contribution is -2.30. The average molecular weight is 269 g/mol. The molecule has 0 aliphatic heterocycles. The zero-order valence-corrected chi connectivity index (χ0v) is 10.3. The van der Waals surface area contributed by atoms with Crippen LogP contribution in [0.3, 0.4) is 0 Å². The molecule has 0 saturated heterocycles. The molecule has 0 aliphatic carbocycles. The predicted molar refractivity (Wildman–Crippen MR) is 66.6 cm³/mol. The Morgan fingerprint density at radius 2 is 2.11 bits per heavy atom. The summed E-state index contributed by atoms with van der Waals surface area (Å²) in [6.07, 6.45) is 1.27. The second kappa shape index (κ2) is 4.78. The normalized spacial score (nSPS) is 10.6. The van der Waals surface area contributed by atoms with E-state index in [4.69, 9.17) is 11.6 Å². The number of nitrogens with one attached hydrogen (secondary N) is 1. The molecule has 2 rings (SSSR count). The lowest BCUT2D eigenvalue weighted by atomic mass is 10.1. The summed E-state index contributed by atoms with van der Waals surface area (Å²) >= 11 is 5.65. The highest BCUT2D eigenvalue weighted by Gasteiger charge is 2.05. The Balaban J connectivity index is 2.43. The zero-order valence-electron chi connectivity index (χ0n) is 9.54. The van der Waals surface area contributed by atoms with Crippen LogP contribution in [-0.2, 0) is 6.54 Å². The van der Waals surface area contributed by atoms with Gasteiger partial charge >= 0.3 is 5.69 Å². The number of benzene rings is 1. The quantitative estimate of drug-likeness (QED) is 0.901. The van der Waals surface area contributed by atoms with Crippen LogP contribution in [0.15, 0.2) is 34.0 Å². The number of hydrogen-bond donors (Lipinski definition) is 1. The molecule has 1 heterocycles. The monoisotopic (exact) mass is 268 g/mol. The highest BCUT2D eigenvalue weighted by atomic mass is 35.5.